The van der Waals surface area contributed by atoms with Crippen molar-refractivity contribution < 1.29 is 4.79 Å². The first kappa shape index (κ1) is 9.54. The molecule has 2 aromatic rings. The summed E-state index contributed by atoms with van der Waals surface area (Å²) in [5.74, 6) is 0. The van der Waals surface area contributed by atoms with Gasteiger partial charge in [0.1, 0.15) is 0 Å². The Hall–Kier alpha value is -1.55. The number of hydrogen-bond donors (Lipinski definition) is 1. The van der Waals surface area contributed by atoms with Crippen LogP contribution >= 0.6 is 12.4 Å². The van der Waals surface area contributed by atoms with Crippen LogP contribution in [0.5, 0.6) is 0 Å². The van der Waals surface area contributed by atoms with Crippen molar-refractivity contribution in [2.24, 2.45) is 5.73 Å². The van der Waals surface area contributed by atoms with Crippen LogP contribution in [-0.2, 0) is 0 Å². The summed E-state index contributed by atoms with van der Waals surface area (Å²) in [6.45, 7) is 0. The van der Waals surface area contributed by atoms with Crippen LogP contribution in [0.15, 0.2) is 30.9 Å². The third-order valence-electron chi connectivity index (χ3n) is 1.70. The van der Waals surface area contributed by atoms with Gasteiger partial charge in [0.15, 0.2) is 0 Å². The summed E-state index contributed by atoms with van der Waals surface area (Å²) >= 11 is 0. The number of carbonyl (C=O) groups is 1. The Morgan fingerprint density at radius 1 is 1.38 bits per heavy atom. The molecule has 2 heterocycles. The molecule has 0 unspecified atom stereocenters. The standard InChI is InChI=1S/C8H7N3O.ClH/c9-8(12)11-4-6-1-2-10-3-7(6)5-11;/h1-5H,(H2,9,12);1H. The van der Waals surface area contributed by atoms with E-state index in [0.717, 1.165) is 10.8 Å². The molecule has 0 radical (unpaired) electrons. The molecule has 2 N–H and O–H groups in total. The highest BCUT2D eigenvalue weighted by Gasteiger charge is 2.00. The summed E-state index contributed by atoms with van der Waals surface area (Å²) in [6.07, 6.45) is 6.70. The van der Waals surface area contributed by atoms with Gasteiger partial charge in [0, 0.05) is 35.6 Å². The van der Waals surface area contributed by atoms with Crippen LogP contribution in [0.25, 0.3) is 10.8 Å². The number of carbonyl (C=O) groups excluding carboxylic acids is 1. The van der Waals surface area contributed by atoms with Crippen LogP contribution < -0.4 is 5.73 Å². The first-order chi connectivity index (χ1) is 5.77. The Morgan fingerprint density at radius 3 is 2.69 bits per heavy atom. The predicted molar refractivity (Wildman–Crippen MR) is 52.0 cm³/mol. The molecule has 13 heavy (non-hydrogen) atoms. The average molecular weight is 198 g/mol. The molecule has 68 valence electrons. The van der Waals surface area contributed by atoms with Gasteiger partial charge in [-0.2, -0.15) is 0 Å². The number of amides is 1. The third-order valence-corrected chi connectivity index (χ3v) is 1.70. The SMILES string of the molecule is Cl.NC(=O)n1cc2ccncc2c1. The van der Waals surface area contributed by atoms with E-state index in [1.54, 1.807) is 24.8 Å². The van der Waals surface area contributed by atoms with E-state index in [-0.39, 0.29) is 12.4 Å². The van der Waals surface area contributed by atoms with Gasteiger partial charge in [-0.05, 0) is 6.07 Å². The normalized spacial score (nSPS) is 9.54. The van der Waals surface area contributed by atoms with Crippen molar-refractivity contribution >= 4 is 29.2 Å². The molecule has 0 atom stereocenters. The van der Waals surface area contributed by atoms with E-state index in [1.165, 1.54) is 4.57 Å². The van der Waals surface area contributed by atoms with Crippen molar-refractivity contribution in [2.45, 2.75) is 0 Å². The highest BCUT2D eigenvalue weighted by molar-refractivity contribution is 5.87. The molecule has 0 spiro atoms. The maximum Gasteiger partial charge on any atom is 0.322 e. The number of hydrogen-bond acceptors (Lipinski definition) is 2. The average Bonchev–Trinajstić information content (AvgIpc) is 2.46. The lowest BCUT2D eigenvalue weighted by atomic mass is 10.3. The quantitative estimate of drug-likeness (QED) is 0.694. The summed E-state index contributed by atoms with van der Waals surface area (Å²) in [6, 6.07) is 1.35. The van der Waals surface area contributed by atoms with Gasteiger partial charge in [0.05, 0.1) is 0 Å². The van der Waals surface area contributed by atoms with Crippen LogP contribution in [0.3, 0.4) is 0 Å². The highest BCUT2D eigenvalue weighted by atomic mass is 35.5. The van der Waals surface area contributed by atoms with Gasteiger partial charge in [-0.15, -0.1) is 12.4 Å². The zero-order chi connectivity index (χ0) is 8.55. The molecule has 0 saturated carbocycles. The van der Waals surface area contributed by atoms with Crippen molar-refractivity contribution in [3.8, 4) is 0 Å². The fourth-order valence-electron chi connectivity index (χ4n) is 1.11. The number of rotatable bonds is 0. The van der Waals surface area contributed by atoms with Crippen molar-refractivity contribution in [2.75, 3.05) is 0 Å². The fourth-order valence-corrected chi connectivity index (χ4v) is 1.11. The van der Waals surface area contributed by atoms with E-state index in [0.29, 0.717) is 0 Å². The molecule has 0 aliphatic carbocycles. The lowest BCUT2D eigenvalue weighted by Gasteiger charge is -1.89. The van der Waals surface area contributed by atoms with E-state index in [1.807, 2.05) is 6.07 Å². The minimum absolute atomic E-state index is 0. The van der Waals surface area contributed by atoms with E-state index >= 15 is 0 Å². The molecule has 5 heteroatoms. The van der Waals surface area contributed by atoms with E-state index in [4.69, 9.17) is 5.73 Å². The van der Waals surface area contributed by atoms with Gasteiger partial charge in [0.25, 0.3) is 0 Å². The second-order valence-corrected chi connectivity index (χ2v) is 2.51. The zero-order valence-corrected chi connectivity index (χ0v) is 7.49. The zero-order valence-electron chi connectivity index (χ0n) is 6.68. The minimum atomic E-state index is -0.480. The maximum atomic E-state index is 10.7. The van der Waals surface area contributed by atoms with Crippen LogP contribution in [0.2, 0.25) is 0 Å². The van der Waals surface area contributed by atoms with Gasteiger partial charge < -0.3 is 5.73 Å². The molecule has 4 nitrogen and oxygen atoms in total. The minimum Gasteiger partial charge on any atom is -0.351 e. The Balaban J connectivity index is 0.000000845. The smallest absolute Gasteiger partial charge is 0.322 e. The van der Waals surface area contributed by atoms with Gasteiger partial charge >= 0.3 is 6.03 Å². The number of nitrogens with zero attached hydrogens (tertiary/aromatic N) is 2. The third kappa shape index (κ3) is 1.62. The fraction of sp³-hybridized carbons (Fsp3) is 0. The summed E-state index contributed by atoms with van der Waals surface area (Å²) < 4.78 is 1.34. The molecule has 0 aromatic carbocycles. The van der Waals surface area contributed by atoms with Gasteiger partial charge in [-0.3, -0.25) is 9.55 Å². The summed E-state index contributed by atoms with van der Waals surface area (Å²) in [4.78, 5) is 14.7. The molecule has 0 bridgehead atoms. The molecule has 2 aromatic heterocycles. The van der Waals surface area contributed by atoms with Crippen LogP contribution in [0.4, 0.5) is 4.79 Å². The molecule has 2 rings (SSSR count). The van der Waals surface area contributed by atoms with E-state index in [2.05, 4.69) is 4.98 Å². The Bertz CT molecular complexity index is 405. The lowest BCUT2D eigenvalue weighted by molar-refractivity contribution is 0.250. The molecular weight excluding hydrogens is 190 g/mol. The van der Waals surface area contributed by atoms with Crippen LogP contribution in [0, 0.1) is 0 Å². The Morgan fingerprint density at radius 2 is 2.08 bits per heavy atom. The molecular formula is C8H8ClN3O. The van der Waals surface area contributed by atoms with Crippen LogP contribution in [-0.4, -0.2) is 15.6 Å². The van der Waals surface area contributed by atoms with Crippen molar-refractivity contribution in [1.82, 2.24) is 9.55 Å². The van der Waals surface area contributed by atoms with Crippen molar-refractivity contribution in [3.63, 3.8) is 0 Å². The van der Waals surface area contributed by atoms with Crippen LogP contribution in [0.1, 0.15) is 0 Å². The van der Waals surface area contributed by atoms with Crippen molar-refractivity contribution in [1.29, 1.82) is 0 Å². The van der Waals surface area contributed by atoms with Gasteiger partial charge in [0.2, 0.25) is 0 Å². The van der Waals surface area contributed by atoms with E-state index in [9.17, 15) is 4.79 Å². The summed E-state index contributed by atoms with van der Waals surface area (Å²) in [5, 5.41) is 1.88. The summed E-state index contributed by atoms with van der Waals surface area (Å²) in [7, 11) is 0. The molecule has 0 aliphatic heterocycles. The second-order valence-electron chi connectivity index (χ2n) is 2.51. The topological polar surface area (TPSA) is 60.9 Å². The monoisotopic (exact) mass is 197 g/mol. The number of pyridine rings is 1. The van der Waals surface area contributed by atoms with Gasteiger partial charge in [-0.25, -0.2) is 4.79 Å². The number of aromatic nitrogens is 2. The number of primary amides is 1. The maximum absolute atomic E-state index is 10.7. The number of halogens is 1. The summed E-state index contributed by atoms with van der Waals surface area (Å²) in [5.41, 5.74) is 5.08. The number of fused-ring (bicyclic) bond motifs is 1. The molecule has 0 aliphatic rings. The first-order valence-electron chi connectivity index (χ1n) is 3.49. The second kappa shape index (κ2) is 3.45. The number of nitrogens with two attached hydrogens (primary N) is 1. The van der Waals surface area contributed by atoms with Crippen molar-refractivity contribution in [3.05, 3.63) is 30.9 Å². The Labute approximate surface area is 80.8 Å². The molecule has 0 saturated heterocycles. The highest BCUT2D eigenvalue weighted by Crippen LogP contribution is 2.11. The first-order valence-corrected chi connectivity index (χ1v) is 3.49. The predicted octanol–water partition coefficient (Wildman–Crippen LogP) is 1.38. The molecule has 0 fully saturated rings. The largest absolute Gasteiger partial charge is 0.351 e. The molecule has 1 amide bonds. The Kier molecular flexibility index (Phi) is 2.53. The van der Waals surface area contributed by atoms with E-state index < -0.39 is 6.03 Å². The van der Waals surface area contributed by atoms with Gasteiger partial charge in [-0.1, -0.05) is 0 Å². The lowest BCUT2D eigenvalue weighted by Crippen LogP contribution is -2.17.